The largest absolute Gasteiger partial charge is 0.351 e. The van der Waals surface area contributed by atoms with E-state index in [1.54, 1.807) is 0 Å². The van der Waals surface area contributed by atoms with Gasteiger partial charge in [0.1, 0.15) is 0 Å². The molecule has 0 fully saturated rings. The number of halogens is 1. The van der Waals surface area contributed by atoms with E-state index in [0.717, 1.165) is 16.8 Å². The number of hydrogen-bond acceptors (Lipinski definition) is 6. The molecule has 116 valence electrons. The number of aromatic nitrogens is 3. The maximum absolute atomic E-state index is 5.58. The summed E-state index contributed by atoms with van der Waals surface area (Å²) in [5, 5.41) is 7.95. The second-order valence-electron chi connectivity index (χ2n) is 5.09. The van der Waals surface area contributed by atoms with Crippen LogP contribution in [-0.2, 0) is 6.54 Å². The third-order valence-corrected chi connectivity index (χ3v) is 3.20. The van der Waals surface area contributed by atoms with E-state index in [-0.39, 0.29) is 18.3 Å². The normalized spacial score (nSPS) is 10.7. The molecule has 0 unspecified atom stereocenters. The molecule has 2 aromatic heterocycles. The highest BCUT2D eigenvalue weighted by atomic mass is 35.5. The van der Waals surface area contributed by atoms with Crippen LogP contribution in [0, 0.1) is 0 Å². The van der Waals surface area contributed by atoms with Crippen molar-refractivity contribution in [3.63, 3.8) is 0 Å². The first-order valence-corrected chi connectivity index (χ1v) is 6.77. The van der Waals surface area contributed by atoms with Crippen LogP contribution in [0.25, 0.3) is 23.0 Å². The number of rotatable bonds is 4. The molecular weight excluding hydrogens is 304 g/mol. The van der Waals surface area contributed by atoms with Crippen molar-refractivity contribution in [3.8, 4) is 23.0 Å². The summed E-state index contributed by atoms with van der Waals surface area (Å²) in [6, 6.07) is 9.53. The molecule has 0 aliphatic heterocycles. The van der Waals surface area contributed by atoms with Gasteiger partial charge in [-0.15, -0.1) is 12.4 Å². The van der Waals surface area contributed by atoms with Crippen LogP contribution in [0.2, 0.25) is 0 Å². The molecule has 0 atom stereocenters. The molecule has 2 N–H and O–H groups in total. The molecule has 6 nitrogen and oxygen atoms in total. The molecule has 3 aromatic rings. The quantitative estimate of drug-likeness (QED) is 0.792. The Kier molecular flexibility index (Phi) is 4.95. The van der Waals surface area contributed by atoms with Gasteiger partial charge in [0.05, 0.1) is 5.69 Å². The molecule has 0 spiro atoms. The van der Waals surface area contributed by atoms with E-state index in [0.29, 0.717) is 24.0 Å². The molecule has 3 rings (SSSR count). The summed E-state index contributed by atoms with van der Waals surface area (Å²) < 4.78 is 10.5. The van der Waals surface area contributed by atoms with Gasteiger partial charge in [-0.1, -0.05) is 48.4 Å². The molecule has 2 heterocycles. The summed E-state index contributed by atoms with van der Waals surface area (Å²) in [6.45, 7) is 4.59. The molecule has 0 aliphatic carbocycles. The predicted molar refractivity (Wildman–Crippen MR) is 84.5 cm³/mol. The lowest BCUT2D eigenvalue weighted by atomic mass is 10.1. The third kappa shape index (κ3) is 3.18. The molecule has 1 aromatic carbocycles. The Hall–Kier alpha value is -2.18. The van der Waals surface area contributed by atoms with Gasteiger partial charge < -0.3 is 14.8 Å². The molecule has 0 radical (unpaired) electrons. The van der Waals surface area contributed by atoms with Crippen LogP contribution in [0.4, 0.5) is 0 Å². The average molecular weight is 321 g/mol. The number of nitrogens with zero attached hydrogens (tertiary/aromatic N) is 3. The summed E-state index contributed by atoms with van der Waals surface area (Å²) in [4.78, 5) is 4.34. The van der Waals surface area contributed by atoms with Gasteiger partial charge in [-0.25, -0.2) is 0 Å². The predicted octanol–water partition coefficient (Wildman–Crippen LogP) is 3.40. The Morgan fingerprint density at radius 3 is 2.41 bits per heavy atom. The van der Waals surface area contributed by atoms with Gasteiger partial charge >= 0.3 is 0 Å². The van der Waals surface area contributed by atoms with Crippen molar-refractivity contribution in [1.82, 2.24) is 15.3 Å². The second-order valence-corrected chi connectivity index (χ2v) is 5.09. The number of nitrogens with two attached hydrogens (primary N) is 1. The maximum atomic E-state index is 5.58. The van der Waals surface area contributed by atoms with Crippen molar-refractivity contribution in [2.45, 2.75) is 26.3 Å². The van der Waals surface area contributed by atoms with Crippen LogP contribution in [0.15, 0.2) is 39.4 Å². The Labute approximate surface area is 134 Å². The van der Waals surface area contributed by atoms with Crippen molar-refractivity contribution in [3.05, 3.63) is 41.6 Å². The smallest absolute Gasteiger partial charge is 0.296 e. The first kappa shape index (κ1) is 16.2. The summed E-state index contributed by atoms with van der Waals surface area (Å²) in [5.41, 5.74) is 8.36. The molecule has 22 heavy (non-hydrogen) atoms. The third-order valence-electron chi connectivity index (χ3n) is 3.20. The van der Waals surface area contributed by atoms with E-state index in [4.69, 9.17) is 14.8 Å². The monoisotopic (exact) mass is 320 g/mol. The Morgan fingerprint density at radius 1 is 1.09 bits per heavy atom. The fourth-order valence-corrected chi connectivity index (χ4v) is 1.89. The zero-order valence-electron chi connectivity index (χ0n) is 12.3. The molecule has 0 bridgehead atoms. The molecule has 0 saturated carbocycles. The van der Waals surface area contributed by atoms with Crippen molar-refractivity contribution in [1.29, 1.82) is 0 Å². The molecular formula is C15H17ClN4O2. The van der Waals surface area contributed by atoms with E-state index in [9.17, 15) is 0 Å². The highest BCUT2D eigenvalue weighted by Crippen LogP contribution is 2.25. The van der Waals surface area contributed by atoms with Gasteiger partial charge in [0.25, 0.3) is 5.89 Å². The standard InChI is InChI=1S/C15H16N4O2.ClH/c1-9(2)12-7-13(20-18-12)15-17-14(19-21-15)11-5-3-10(8-16)4-6-11;/h3-7,9H,8,16H2,1-2H3;1H. The molecule has 0 saturated heterocycles. The van der Waals surface area contributed by atoms with Crippen LogP contribution >= 0.6 is 12.4 Å². The number of benzene rings is 1. The van der Waals surface area contributed by atoms with Crippen LogP contribution in [0.5, 0.6) is 0 Å². The van der Waals surface area contributed by atoms with Crippen molar-refractivity contribution in [2.24, 2.45) is 5.73 Å². The Bertz CT molecular complexity index is 734. The molecule has 0 amide bonds. The minimum Gasteiger partial charge on any atom is -0.351 e. The van der Waals surface area contributed by atoms with Gasteiger partial charge in [0, 0.05) is 18.2 Å². The SMILES string of the molecule is CC(C)c1cc(-c2nc(-c3ccc(CN)cc3)no2)on1.Cl. The Balaban J connectivity index is 0.00000176. The summed E-state index contributed by atoms with van der Waals surface area (Å²) in [7, 11) is 0. The van der Waals surface area contributed by atoms with E-state index >= 15 is 0 Å². The van der Waals surface area contributed by atoms with E-state index in [1.165, 1.54) is 0 Å². The van der Waals surface area contributed by atoms with Gasteiger partial charge in [-0.3, -0.25) is 0 Å². The minimum atomic E-state index is 0. The highest BCUT2D eigenvalue weighted by molar-refractivity contribution is 5.85. The van der Waals surface area contributed by atoms with Crippen LogP contribution in [0.1, 0.15) is 31.0 Å². The van der Waals surface area contributed by atoms with Crippen LogP contribution < -0.4 is 5.73 Å². The second kappa shape index (κ2) is 6.72. The molecule has 0 aliphatic rings. The lowest BCUT2D eigenvalue weighted by molar-refractivity contribution is 0.380. The number of hydrogen-bond donors (Lipinski definition) is 1. The summed E-state index contributed by atoms with van der Waals surface area (Å²) in [6.07, 6.45) is 0. The first-order valence-electron chi connectivity index (χ1n) is 6.77. The summed E-state index contributed by atoms with van der Waals surface area (Å²) >= 11 is 0. The van der Waals surface area contributed by atoms with Crippen molar-refractivity contribution in [2.75, 3.05) is 0 Å². The van der Waals surface area contributed by atoms with Crippen LogP contribution in [-0.4, -0.2) is 15.3 Å². The minimum absolute atomic E-state index is 0. The fraction of sp³-hybridized carbons (Fsp3) is 0.267. The van der Waals surface area contributed by atoms with Crippen molar-refractivity contribution < 1.29 is 9.05 Å². The lowest BCUT2D eigenvalue weighted by Gasteiger charge is -1.97. The lowest BCUT2D eigenvalue weighted by Crippen LogP contribution is -1.95. The van der Waals surface area contributed by atoms with Crippen LogP contribution in [0.3, 0.4) is 0 Å². The van der Waals surface area contributed by atoms with Crippen molar-refractivity contribution >= 4 is 12.4 Å². The average Bonchev–Trinajstić information content (AvgIpc) is 3.16. The fourth-order valence-electron chi connectivity index (χ4n) is 1.89. The topological polar surface area (TPSA) is 91.0 Å². The van der Waals surface area contributed by atoms with E-state index in [2.05, 4.69) is 15.3 Å². The van der Waals surface area contributed by atoms with Gasteiger partial charge in [-0.05, 0) is 11.5 Å². The summed E-state index contributed by atoms with van der Waals surface area (Å²) in [5.74, 6) is 1.60. The highest BCUT2D eigenvalue weighted by Gasteiger charge is 2.16. The van der Waals surface area contributed by atoms with Gasteiger partial charge in [0.2, 0.25) is 11.6 Å². The van der Waals surface area contributed by atoms with E-state index < -0.39 is 0 Å². The maximum Gasteiger partial charge on any atom is 0.296 e. The van der Waals surface area contributed by atoms with E-state index in [1.807, 2.05) is 44.2 Å². The zero-order valence-corrected chi connectivity index (χ0v) is 13.1. The zero-order chi connectivity index (χ0) is 14.8. The van der Waals surface area contributed by atoms with Gasteiger partial charge in [-0.2, -0.15) is 4.98 Å². The molecule has 7 heteroatoms. The van der Waals surface area contributed by atoms with Gasteiger partial charge in [0.15, 0.2) is 0 Å². The Morgan fingerprint density at radius 2 is 1.82 bits per heavy atom. The first-order chi connectivity index (χ1) is 10.2.